The number of methoxy groups -OCH3 is 2. The van der Waals surface area contributed by atoms with E-state index in [2.05, 4.69) is 9.47 Å². The molecule has 0 atom stereocenters. The van der Waals surface area contributed by atoms with Crippen LogP contribution in [0, 0.1) is 0 Å². The Morgan fingerprint density at radius 2 is 2.05 bits per heavy atom. The third-order valence-corrected chi connectivity index (χ3v) is 2.51. The summed E-state index contributed by atoms with van der Waals surface area (Å²) >= 11 is 0. The lowest BCUT2D eigenvalue weighted by molar-refractivity contribution is -0.132. The Morgan fingerprint density at radius 3 is 2.63 bits per heavy atom. The fourth-order valence-corrected chi connectivity index (χ4v) is 1.50. The predicted octanol–water partition coefficient (Wildman–Crippen LogP) is 1.56. The number of fused-ring (bicyclic) bond motifs is 1. The summed E-state index contributed by atoms with van der Waals surface area (Å²) in [7, 11) is 3.30. The van der Waals surface area contributed by atoms with Gasteiger partial charge in [-0.3, -0.25) is 0 Å². The molecule has 0 unspecified atom stereocenters. The highest BCUT2D eigenvalue weighted by molar-refractivity contribution is 5.90. The second-order valence-electron chi connectivity index (χ2n) is 3.88. The van der Waals surface area contributed by atoms with E-state index in [0.29, 0.717) is 18.8 Å². The first-order chi connectivity index (χ1) is 9.19. The maximum atomic E-state index is 10.6. The summed E-state index contributed by atoms with van der Waals surface area (Å²) in [6.45, 7) is 2.19. The summed E-state index contributed by atoms with van der Waals surface area (Å²) < 4.78 is 9.31. The summed E-state index contributed by atoms with van der Waals surface area (Å²) in [4.78, 5) is 12.6. The number of hydrogen-bond donors (Lipinski definition) is 1. The van der Waals surface area contributed by atoms with Gasteiger partial charge in [0, 0.05) is 32.7 Å². The number of aliphatic carboxylic acids is 1. The third-order valence-electron chi connectivity index (χ3n) is 2.51. The van der Waals surface area contributed by atoms with Crippen LogP contribution in [0.2, 0.25) is 0 Å². The van der Waals surface area contributed by atoms with Crippen molar-refractivity contribution in [3.63, 3.8) is 0 Å². The van der Waals surface area contributed by atoms with Crippen LogP contribution in [0.15, 0.2) is 47.9 Å². The molecule has 2 heterocycles. The highest BCUT2D eigenvalue weighted by atomic mass is 16.5. The van der Waals surface area contributed by atoms with Crippen molar-refractivity contribution < 1.29 is 19.4 Å². The zero-order valence-corrected chi connectivity index (χ0v) is 11.2. The smallest absolute Gasteiger partial charge is 0.335 e. The standard InChI is InChI=1S/C10H9NO2.C4H10O2/c12-10(13)8-4-6-11-5-2-1-3-9(11)7-8;1-5-3-4-6-2/h1-4,6-7H,5H2,(H,12,13);3-4H2,1-2H3. The van der Waals surface area contributed by atoms with Gasteiger partial charge in [-0.15, -0.1) is 0 Å². The lowest BCUT2D eigenvalue weighted by atomic mass is 10.1. The van der Waals surface area contributed by atoms with Crippen LogP contribution in [0.3, 0.4) is 0 Å². The quantitative estimate of drug-likeness (QED) is 0.782. The lowest BCUT2D eigenvalue weighted by Crippen LogP contribution is -2.21. The van der Waals surface area contributed by atoms with Crippen molar-refractivity contribution in [2.45, 2.75) is 0 Å². The van der Waals surface area contributed by atoms with E-state index in [1.54, 1.807) is 32.6 Å². The van der Waals surface area contributed by atoms with Crippen LogP contribution in [0.1, 0.15) is 0 Å². The van der Waals surface area contributed by atoms with Crippen molar-refractivity contribution in [1.29, 1.82) is 0 Å². The van der Waals surface area contributed by atoms with E-state index in [4.69, 9.17) is 5.11 Å². The summed E-state index contributed by atoms with van der Waals surface area (Å²) in [5.74, 6) is -0.883. The molecule has 104 valence electrons. The molecule has 0 radical (unpaired) electrons. The summed E-state index contributed by atoms with van der Waals surface area (Å²) in [5, 5.41) is 8.75. The molecule has 19 heavy (non-hydrogen) atoms. The topological polar surface area (TPSA) is 59.0 Å². The molecule has 0 spiro atoms. The van der Waals surface area contributed by atoms with Crippen molar-refractivity contribution >= 4 is 5.97 Å². The zero-order chi connectivity index (χ0) is 14.1. The largest absolute Gasteiger partial charge is 0.478 e. The molecule has 0 aliphatic carbocycles. The first-order valence-corrected chi connectivity index (χ1v) is 5.93. The van der Waals surface area contributed by atoms with Crippen molar-refractivity contribution in [2.24, 2.45) is 0 Å². The molecular weight excluding hydrogens is 246 g/mol. The Morgan fingerprint density at radius 1 is 1.37 bits per heavy atom. The minimum atomic E-state index is -0.883. The molecule has 1 N–H and O–H groups in total. The monoisotopic (exact) mass is 265 g/mol. The molecule has 0 bridgehead atoms. The average Bonchev–Trinajstić information content (AvgIpc) is 2.45. The van der Waals surface area contributed by atoms with Gasteiger partial charge in [0.05, 0.1) is 18.8 Å². The molecule has 0 amide bonds. The van der Waals surface area contributed by atoms with Crippen LogP contribution in [0.4, 0.5) is 0 Å². The van der Waals surface area contributed by atoms with Gasteiger partial charge in [-0.05, 0) is 18.2 Å². The molecular formula is C14H19NO4. The van der Waals surface area contributed by atoms with Crippen molar-refractivity contribution in [1.82, 2.24) is 4.90 Å². The fraction of sp³-hybridized carbons (Fsp3) is 0.357. The van der Waals surface area contributed by atoms with Gasteiger partial charge in [0.1, 0.15) is 0 Å². The number of allylic oxidation sites excluding steroid dienone is 3. The van der Waals surface area contributed by atoms with Crippen LogP contribution < -0.4 is 0 Å². The van der Waals surface area contributed by atoms with E-state index in [9.17, 15) is 4.79 Å². The van der Waals surface area contributed by atoms with Gasteiger partial charge in [0.25, 0.3) is 0 Å². The SMILES string of the molecule is COCCOC.O=C(O)C1=CC2=CC=CCN2C=C1. The van der Waals surface area contributed by atoms with Gasteiger partial charge < -0.3 is 19.5 Å². The van der Waals surface area contributed by atoms with Crippen LogP contribution in [-0.2, 0) is 14.3 Å². The van der Waals surface area contributed by atoms with Crippen LogP contribution in [0.25, 0.3) is 0 Å². The van der Waals surface area contributed by atoms with Gasteiger partial charge in [-0.25, -0.2) is 4.79 Å². The summed E-state index contributed by atoms with van der Waals surface area (Å²) in [5.41, 5.74) is 1.26. The molecule has 0 saturated heterocycles. The zero-order valence-electron chi connectivity index (χ0n) is 11.2. The van der Waals surface area contributed by atoms with Crippen LogP contribution >= 0.6 is 0 Å². The van der Waals surface area contributed by atoms with Gasteiger partial charge in [-0.1, -0.05) is 12.2 Å². The highest BCUT2D eigenvalue weighted by Crippen LogP contribution is 2.19. The second-order valence-corrected chi connectivity index (χ2v) is 3.88. The second kappa shape index (κ2) is 8.29. The highest BCUT2D eigenvalue weighted by Gasteiger charge is 2.14. The molecule has 2 aliphatic rings. The van der Waals surface area contributed by atoms with Gasteiger partial charge in [0.15, 0.2) is 0 Å². The molecule has 0 aromatic rings. The van der Waals surface area contributed by atoms with E-state index in [1.807, 2.05) is 23.1 Å². The number of ether oxygens (including phenoxy) is 2. The minimum Gasteiger partial charge on any atom is -0.478 e. The Balaban J connectivity index is 0.000000258. The fourth-order valence-electron chi connectivity index (χ4n) is 1.50. The van der Waals surface area contributed by atoms with E-state index in [-0.39, 0.29) is 0 Å². The molecule has 0 aromatic heterocycles. The molecule has 0 aromatic carbocycles. The molecule has 2 aliphatic heterocycles. The number of carboxylic acids is 1. The van der Waals surface area contributed by atoms with Crippen LogP contribution in [0.5, 0.6) is 0 Å². The number of carbonyl (C=O) groups is 1. The Bertz CT molecular complexity index is 417. The van der Waals surface area contributed by atoms with Crippen molar-refractivity contribution in [3.8, 4) is 0 Å². The molecule has 5 heteroatoms. The molecule has 0 fully saturated rings. The third kappa shape index (κ3) is 5.11. The number of nitrogens with zero attached hydrogens (tertiary/aromatic N) is 1. The average molecular weight is 265 g/mol. The first kappa shape index (κ1) is 15.2. The number of rotatable bonds is 4. The van der Waals surface area contributed by atoms with E-state index < -0.39 is 5.97 Å². The van der Waals surface area contributed by atoms with Crippen molar-refractivity contribution in [2.75, 3.05) is 34.0 Å². The van der Waals surface area contributed by atoms with Gasteiger partial charge in [-0.2, -0.15) is 0 Å². The molecule has 5 nitrogen and oxygen atoms in total. The van der Waals surface area contributed by atoms with Crippen molar-refractivity contribution in [3.05, 3.63) is 47.9 Å². The molecule has 2 rings (SSSR count). The molecule has 0 saturated carbocycles. The van der Waals surface area contributed by atoms with Gasteiger partial charge in [0.2, 0.25) is 0 Å². The minimum absolute atomic E-state index is 0.331. The first-order valence-electron chi connectivity index (χ1n) is 5.93. The van der Waals surface area contributed by atoms with E-state index >= 15 is 0 Å². The van der Waals surface area contributed by atoms with E-state index in [0.717, 1.165) is 12.2 Å². The Labute approximate surface area is 113 Å². The van der Waals surface area contributed by atoms with E-state index in [1.165, 1.54) is 0 Å². The Kier molecular flexibility index (Phi) is 6.63. The van der Waals surface area contributed by atoms with Crippen LogP contribution in [-0.4, -0.2) is 50.0 Å². The number of carboxylic acid groups (broad SMARTS) is 1. The normalized spacial score (nSPS) is 16.0. The maximum absolute atomic E-state index is 10.6. The predicted molar refractivity (Wildman–Crippen MR) is 72.5 cm³/mol. The Hall–Kier alpha value is -1.85. The summed E-state index contributed by atoms with van der Waals surface area (Å²) in [6, 6.07) is 0. The maximum Gasteiger partial charge on any atom is 0.335 e. The summed E-state index contributed by atoms with van der Waals surface area (Å²) in [6.07, 6.45) is 10.9. The number of hydrogen-bond acceptors (Lipinski definition) is 4. The van der Waals surface area contributed by atoms with Gasteiger partial charge >= 0.3 is 5.97 Å². The lowest BCUT2D eigenvalue weighted by Gasteiger charge is -2.25.